The number of rotatable bonds is 4. The number of sulfonamides is 1. The quantitative estimate of drug-likeness (QED) is 0.891. The molecule has 0 atom stereocenters. The Hall–Kier alpha value is -2.06. The zero-order valence-electron chi connectivity index (χ0n) is 11.0. The van der Waals surface area contributed by atoms with Crippen LogP contribution >= 0.6 is 11.6 Å². The number of aromatic carboxylic acids is 1. The second-order valence-corrected chi connectivity index (χ2v) is 6.34. The smallest absolute Gasteiger partial charge is 0.337 e. The first-order chi connectivity index (χ1) is 9.72. The van der Waals surface area contributed by atoms with E-state index in [-0.39, 0.29) is 21.2 Å². The van der Waals surface area contributed by atoms with Crippen molar-refractivity contribution in [3.63, 3.8) is 0 Å². The number of anilines is 1. The Morgan fingerprint density at radius 1 is 1.38 bits per heavy atom. The Morgan fingerprint density at radius 3 is 2.52 bits per heavy atom. The highest BCUT2D eigenvalue weighted by atomic mass is 35.5. The molecule has 1 aromatic heterocycles. The third-order valence-corrected chi connectivity index (χ3v) is 4.41. The number of halogens is 1. The molecule has 0 aliphatic carbocycles. The van der Waals surface area contributed by atoms with E-state index in [4.69, 9.17) is 21.2 Å². The molecule has 9 heteroatoms. The molecule has 1 heterocycles. The number of aromatic nitrogens is 1. The first kappa shape index (κ1) is 15.3. The average molecular weight is 331 g/mol. The number of benzene rings is 1. The lowest BCUT2D eigenvalue weighted by molar-refractivity contribution is 0.0697. The monoisotopic (exact) mass is 330 g/mol. The average Bonchev–Trinajstić information content (AvgIpc) is 2.69. The Kier molecular flexibility index (Phi) is 3.93. The fourth-order valence-corrected chi connectivity index (χ4v) is 3.18. The molecule has 0 amide bonds. The number of nitrogens with one attached hydrogen (secondary N) is 1. The van der Waals surface area contributed by atoms with Gasteiger partial charge < -0.3 is 9.63 Å². The van der Waals surface area contributed by atoms with E-state index in [1.807, 2.05) is 0 Å². The summed E-state index contributed by atoms with van der Waals surface area (Å²) >= 11 is 5.77. The van der Waals surface area contributed by atoms with Crippen LogP contribution in [-0.4, -0.2) is 24.7 Å². The van der Waals surface area contributed by atoms with Crippen LogP contribution in [0.4, 0.5) is 5.69 Å². The topological polar surface area (TPSA) is 110 Å². The van der Waals surface area contributed by atoms with Crippen molar-refractivity contribution in [2.24, 2.45) is 0 Å². The zero-order valence-corrected chi connectivity index (χ0v) is 12.6. The van der Waals surface area contributed by atoms with Gasteiger partial charge in [-0.25, -0.2) is 13.2 Å². The third-order valence-electron chi connectivity index (χ3n) is 2.75. The first-order valence-corrected chi connectivity index (χ1v) is 7.57. The van der Waals surface area contributed by atoms with Crippen molar-refractivity contribution in [2.45, 2.75) is 18.7 Å². The van der Waals surface area contributed by atoms with Crippen molar-refractivity contribution >= 4 is 33.3 Å². The summed E-state index contributed by atoms with van der Waals surface area (Å²) in [6.45, 7) is 3.16. The normalized spacial score (nSPS) is 11.4. The maximum absolute atomic E-state index is 12.3. The van der Waals surface area contributed by atoms with Crippen LogP contribution in [0.2, 0.25) is 5.02 Å². The van der Waals surface area contributed by atoms with Gasteiger partial charge in [-0.05, 0) is 32.0 Å². The molecule has 0 radical (unpaired) electrons. The lowest BCUT2D eigenvalue weighted by Gasteiger charge is -2.08. The summed E-state index contributed by atoms with van der Waals surface area (Å²) in [5.74, 6) is -0.910. The van der Waals surface area contributed by atoms with Gasteiger partial charge in [0.05, 0.1) is 15.5 Å². The van der Waals surface area contributed by atoms with E-state index in [1.54, 1.807) is 13.8 Å². The van der Waals surface area contributed by atoms with E-state index in [0.29, 0.717) is 11.5 Å². The minimum absolute atomic E-state index is 0.155. The fourth-order valence-electron chi connectivity index (χ4n) is 1.66. The van der Waals surface area contributed by atoms with Crippen LogP contribution in [0.15, 0.2) is 27.6 Å². The van der Waals surface area contributed by atoms with Gasteiger partial charge in [0.25, 0.3) is 10.0 Å². The van der Waals surface area contributed by atoms with Gasteiger partial charge in [0.1, 0.15) is 11.4 Å². The molecule has 1 aromatic carbocycles. The molecule has 21 heavy (non-hydrogen) atoms. The summed E-state index contributed by atoms with van der Waals surface area (Å²) in [7, 11) is -3.92. The number of aryl methyl sites for hydroxylation is 2. The third kappa shape index (κ3) is 3.01. The summed E-state index contributed by atoms with van der Waals surface area (Å²) in [5, 5.41) is 12.3. The van der Waals surface area contributed by atoms with Crippen molar-refractivity contribution in [2.75, 3.05) is 4.72 Å². The van der Waals surface area contributed by atoms with Gasteiger partial charge in [-0.3, -0.25) is 4.72 Å². The predicted octanol–water partition coefficient (Wildman–Crippen LogP) is 2.44. The number of hydrogen-bond acceptors (Lipinski definition) is 5. The fraction of sp³-hybridized carbons (Fsp3) is 0.167. The largest absolute Gasteiger partial charge is 0.478 e. The summed E-state index contributed by atoms with van der Waals surface area (Å²) < 4.78 is 31.7. The minimum Gasteiger partial charge on any atom is -0.478 e. The second-order valence-electron chi connectivity index (χ2n) is 4.25. The molecule has 0 unspecified atom stereocenters. The van der Waals surface area contributed by atoms with Crippen LogP contribution in [0.3, 0.4) is 0 Å². The van der Waals surface area contributed by atoms with Crippen LogP contribution in [0.25, 0.3) is 0 Å². The first-order valence-electron chi connectivity index (χ1n) is 5.71. The summed E-state index contributed by atoms with van der Waals surface area (Å²) in [6.07, 6.45) is 0. The number of nitrogens with zero attached hydrogens (tertiary/aromatic N) is 1. The van der Waals surface area contributed by atoms with Crippen LogP contribution in [0.5, 0.6) is 0 Å². The van der Waals surface area contributed by atoms with Gasteiger partial charge in [0, 0.05) is 0 Å². The van der Waals surface area contributed by atoms with Gasteiger partial charge in [0.15, 0.2) is 5.76 Å². The van der Waals surface area contributed by atoms with E-state index < -0.39 is 16.0 Å². The molecule has 2 N–H and O–H groups in total. The Labute approximate surface area is 125 Å². The predicted molar refractivity (Wildman–Crippen MR) is 75.2 cm³/mol. The van der Waals surface area contributed by atoms with Crippen LogP contribution in [0, 0.1) is 13.8 Å². The molecule has 0 aliphatic rings. The summed E-state index contributed by atoms with van der Waals surface area (Å²) in [4.78, 5) is 10.7. The van der Waals surface area contributed by atoms with Crippen LogP contribution in [0.1, 0.15) is 21.8 Å². The zero-order chi connectivity index (χ0) is 15.8. The van der Waals surface area contributed by atoms with Gasteiger partial charge >= 0.3 is 5.97 Å². The van der Waals surface area contributed by atoms with Crippen LogP contribution in [-0.2, 0) is 10.0 Å². The molecular weight excluding hydrogens is 320 g/mol. The highest BCUT2D eigenvalue weighted by Gasteiger charge is 2.21. The molecule has 0 aliphatic heterocycles. The molecule has 2 rings (SSSR count). The SMILES string of the molecule is Cc1noc(C)c1NS(=O)(=O)c1ccc(C(=O)O)c(Cl)c1. The van der Waals surface area contributed by atoms with Crippen molar-refractivity contribution in [1.29, 1.82) is 0 Å². The Morgan fingerprint density at radius 2 is 2.05 bits per heavy atom. The van der Waals surface area contributed by atoms with E-state index in [1.165, 1.54) is 0 Å². The van der Waals surface area contributed by atoms with E-state index in [2.05, 4.69) is 9.88 Å². The van der Waals surface area contributed by atoms with Gasteiger partial charge in [-0.15, -0.1) is 0 Å². The van der Waals surface area contributed by atoms with Gasteiger partial charge in [-0.2, -0.15) is 0 Å². The number of carboxylic acids is 1. The lowest BCUT2D eigenvalue weighted by Crippen LogP contribution is -2.14. The molecule has 7 nitrogen and oxygen atoms in total. The van der Waals surface area contributed by atoms with Crippen molar-refractivity contribution in [3.05, 3.63) is 40.2 Å². The highest BCUT2D eigenvalue weighted by Crippen LogP contribution is 2.25. The number of hydrogen-bond donors (Lipinski definition) is 2. The molecule has 0 fully saturated rings. The van der Waals surface area contributed by atoms with Gasteiger partial charge in [-0.1, -0.05) is 16.8 Å². The van der Waals surface area contributed by atoms with E-state index >= 15 is 0 Å². The lowest BCUT2D eigenvalue weighted by atomic mass is 10.2. The minimum atomic E-state index is -3.92. The molecule has 112 valence electrons. The van der Waals surface area contributed by atoms with Crippen molar-refractivity contribution in [3.8, 4) is 0 Å². The molecule has 0 bridgehead atoms. The van der Waals surface area contributed by atoms with E-state index in [9.17, 15) is 13.2 Å². The van der Waals surface area contributed by atoms with Gasteiger partial charge in [0.2, 0.25) is 0 Å². The Balaban J connectivity index is 2.41. The molecule has 0 saturated heterocycles. The second kappa shape index (κ2) is 5.38. The van der Waals surface area contributed by atoms with Crippen LogP contribution < -0.4 is 4.72 Å². The maximum Gasteiger partial charge on any atom is 0.337 e. The molecule has 2 aromatic rings. The summed E-state index contributed by atoms with van der Waals surface area (Å²) in [6, 6.07) is 3.37. The van der Waals surface area contributed by atoms with E-state index in [0.717, 1.165) is 18.2 Å². The number of carboxylic acid groups (broad SMARTS) is 1. The Bertz CT molecular complexity index is 794. The molecular formula is C12H11ClN2O5S. The van der Waals surface area contributed by atoms with Crippen molar-refractivity contribution < 1.29 is 22.8 Å². The maximum atomic E-state index is 12.3. The highest BCUT2D eigenvalue weighted by molar-refractivity contribution is 7.92. The van der Waals surface area contributed by atoms with Crippen molar-refractivity contribution in [1.82, 2.24) is 5.16 Å². The summed E-state index contributed by atoms with van der Waals surface area (Å²) in [5.41, 5.74) is 0.464. The molecule has 0 saturated carbocycles. The molecule has 0 spiro atoms. The number of carbonyl (C=O) groups is 1. The standard InChI is InChI=1S/C12H11ClN2O5S/c1-6-11(7(2)20-14-6)15-21(18,19)8-3-4-9(12(16)17)10(13)5-8/h3-5,15H,1-2H3,(H,16,17).